The molecule has 154 valence electrons. The fraction of sp³-hybridized carbons (Fsp3) is 0.0769. The lowest BCUT2D eigenvalue weighted by atomic mass is 9.99. The third kappa shape index (κ3) is 4.60. The van der Waals surface area contributed by atoms with E-state index >= 15 is 0 Å². The summed E-state index contributed by atoms with van der Waals surface area (Å²) in [6.45, 7) is 1.96. The lowest BCUT2D eigenvalue weighted by Gasteiger charge is -2.17. The van der Waals surface area contributed by atoms with Crippen molar-refractivity contribution in [2.24, 2.45) is 0 Å². The van der Waals surface area contributed by atoms with E-state index in [4.69, 9.17) is 11.6 Å². The second kappa shape index (κ2) is 9.02. The molecule has 0 aliphatic carbocycles. The van der Waals surface area contributed by atoms with Gasteiger partial charge in [-0.05, 0) is 53.6 Å². The molecular weight excluding hydrogens is 408 g/mol. The van der Waals surface area contributed by atoms with Crippen LogP contribution in [-0.4, -0.2) is 11.8 Å². The van der Waals surface area contributed by atoms with Crippen LogP contribution in [0.3, 0.4) is 0 Å². The molecule has 0 saturated carbocycles. The fourth-order valence-electron chi connectivity index (χ4n) is 3.57. The maximum Gasteiger partial charge on any atom is 0.257 e. The standard InChI is InChI=1S/C26H21ClN2O2/c1-17(21-14-7-9-18-8-2-3-12-22(18)21)28-25(30)19-10-6-11-20(16-19)29-26(31)23-13-4-5-15-24(23)27/h2-17H,1H3,(H,28,30)(H,29,31)/t17-/m1/s1. The number of benzene rings is 4. The van der Waals surface area contributed by atoms with Gasteiger partial charge in [-0.25, -0.2) is 0 Å². The summed E-state index contributed by atoms with van der Waals surface area (Å²) in [5, 5.41) is 8.47. The molecule has 0 aliphatic rings. The Balaban J connectivity index is 1.50. The van der Waals surface area contributed by atoms with E-state index in [-0.39, 0.29) is 17.9 Å². The molecule has 0 fully saturated rings. The molecule has 4 aromatic rings. The summed E-state index contributed by atoms with van der Waals surface area (Å²) in [6, 6.07) is 27.7. The maximum absolute atomic E-state index is 12.9. The molecule has 0 aliphatic heterocycles. The largest absolute Gasteiger partial charge is 0.345 e. The van der Waals surface area contributed by atoms with Crippen molar-refractivity contribution in [1.82, 2.24) is 5.32 Å². The molecule has 4 nitrogen and oxygen atoms in total. The number of carbonyl (C=O) groups excluding carboxylic acids is 2. The average Bonchev–Trinajstić information content (AvgIpc) is 2.79. The summed E-state index contributed by atoms with van der Waals surface area (Å²) in [4.78, 5) is 25.4. The smallest absolute Gasteiger partial charge is 0.257 e. The lowest BCUT2D eigenvalue weighted by Crippen LogP contribution is -2.27. The molecule has 0 radical (unpaired) electrons. The van der Waals surface area contributed by atoms with Gasteiger partial charge < -0.3 is 10.6 Å². The van der Waals surface area contributed by atoms with E-state index in [2.05, 4.69) is 28.8 Å². The molecule has 0 spiro atoms. The van der Waals surface area contributed by atoms with Crippen LogP contribution in [0.25, 0.3) is 10.8 Å². The van der Waals surface area contributed by atoms with Gasteiger partial charge in [0.25, 0.3) is 11.8 Å². The average molecular weight is 429 g/mol. The van der Waals surface area contributed by atoms with Crippen LogP contribution < -0.4 is 10.6 Å². The molecule has 31 heavy (non-hydrogen) atoms. The highest BCUT2D eigenvalue weighted by molar-refractivity contribution is 6.34. The molecule has 2 N–H and O–H groups in total. The van der Waals surface area contributed by atoms with Crippen LogP contribution in [-0.2, 0) is 0 Å². The fourth-order valence-corrected chi connectivity index (χ4v) is 3.79. The summed E-state index contributed by atoms with van der Waals surface area (Å²) < 4.78 is 0. The van der Waals surface area contributed by atoms with Gasteiger partial charge in [0.2, 0.25) is 0 Å². The molecule has 2 amide bonds. The minimum atomic E-state index is -0.327. The molecule has 5 heteroatoms. The van der Waals surface area contributed by atoms with E-state index in [1.165, 1.54) is 0 Å². The van der Waals surface area contributed by atoms with Gasteiger partial charge in [-0.1, -0.05) is 72.3 Å². The van der Waals surface area contributed by atoms with Gasteiger partial charge in [0, 0.05) is 11.3 Å². The topological polar surface area (TPSA) is 58.2 Å². The SMILES string of the molecule is C[C@@H](NC(=O)c1cccc(NC(=O)c2ccccc2Cl)c1)c1cccc2ccccc12. The second-order valence-corrected chi connectivity index (χ2v) is 7.69. The van der Waals surface area contributed by atoms with E-state index in [1.54, 1.807) is 48.5 Å². The van der Waals surface area contributed by atoms with E-state index in [1.807, 2.05) is 31.2 Å². The number of anilines is 1. The van der Waals surface area contributed by atoms with Gasteiger partial charge in [-0.3, -0.25) is 9.59 Å². The highest BCUT2D eigenvalue weighted by atomic mass is 35.5. The van der Waals surface area contributed by atoms with Gasteiger partial charge in [-0.15, -0.1) is 0 Å². The molecule has 0 heterocycles. The Morgan fingerprint density at radius 3 is 2.35 bits per heavy atom. The second-order valence-electron chi connectivity index (χ2n) is 7.28. The third-order valence-corrected chi connectivity index (χ3v) is 5.47. The molecule has 4 aromatic carbocycles. The minimum Gasteiger partial charge on any atom is -0.345 e. The molecule has 0 saturated heterocycles. The summed E-state index contributed by atoms with van der Waals surface area (Å²) in [5.41, 5.74) is 2.41. The molecule has 1 atom stereocenters. The van der Waals surface area contributed by atoms with E-state index in [0.717, 1.165) is 16.3 Å². The lowest BCUT2D eigenvalue weighted by molar-refractivity contribution is 0.0939. The Bertz CT molecular complexity index is 1260. The van der Waals surface area contributed by atoms with E-state index in [0.29, 0.717) is 21.8 Å². The highest BCUT2D eigenvalue weighted by Gasteiger charge is 2.15. The Labute approximate surface area is 185 Å². The zero-order chi connectivity index (χ0) is 21.8. The monoisotopic (exact) mass is 428 g/mol. The van der Waals surface area contributed by atoms with Crippen molar-refractivity contribution in [3.8, 4) is 0 Å². The Kier molecular flexibility index (Phi) is 6.01. The van der Waals surface area contributed by atoms with Crippen LogP contribution in [0, 0.1) is 0 Å². The number of hydrogen-bond donors (Lipinski definition) is 2. The first-order valence-electron chi connectivity index (χ1n) is 9.97. The predicted molar refractivity (Wildman–Crippen MR) is 126 cm³/mol. The zero-order valence-electron chi connectivity index (χ0n) is 16.9. The molecular formula is C26H21ClN2O2. The normalized spacial score (nSPS) is 11.7. The van der Waals surface area contributed by atoms with Crippen LogP contribution in [0.2, 0.25) is 5.02 Å². The van der Waals surface area contributed by atoms with Crippen LogP contribution in [0.5, 0.6) is 0 Å². The predicted octanol–water partition coefficient (Wildman–Crippen LogP) is 6.24. The first kappa shape index (κ1) is 20.6. The number of fused-ring (bicyclic) bond motifs is 1. The van der Waals surface area contributed by atoms with Crippen LogP contribution in [0.4, 0.5) is 5.69 Å². The molecule has 4 rings (SSSR count). The summed E-state index contributed by atoms with van der Waals surface area (Å²) in [5.74, 6) is -0.540. The van der Waals surface area contributed by atoms with E-state index in [9.17, 15) is 9.59 Å². The Morgan fingerprint density at radius 2 is 1.52 bits per heavy atom. The first-order valence-corrected chi connectivity index (χ1v) is 10.3. The van der Waals surface area contributed by atoms with Crippen molar-refractivity contribution < 1.29 is 9.59 Å². The maximum atomic E-state index is 12.9. The number of nitrogens with one attached hydrogen (secondary N) is 2. The number of hydrogen-bond acceptors (Lipinski definition) is 2. The number of carbonyl (C=O) groups is 2. The van der Waals surface area contributed by atoms with Gasteiger partial charge in [0.1, 0.15) is 0 Å². The van der Waals surface area contributed by atoms with Gasteiger partial charge >= 0.3 is 0 Å². The Hall–Kier alpha value is -3.63. The van der Waals surface area contributed by atoms with Crippen LogP contribution in [0.1, 0.15) is 39.2 Å². The van der Waals surface area contributed by atoms with Crippen molar-refractivity contribution in [2.45, 2.75) is 13.0 Å². The van der Waals surface area contributed by atoms with Crippen molar-refractivity contribution in [2.75, 3.05) is 5.32 Å². The Morgan fingerprint density at radius 1 is 0.806 bits per heavy atom. The number of halogens is 1. The number of amides is 2. The molecule has 0 bridgehead atoms. The van der Waals surface area contributed by atoms with Crippen molar-refractivity contribution >= 4 is 39.9 Å². The van der Waals surface area contributed by atoms with E-state index < -0.39 is 0 Å². The van der Waals surface area contributed by atoms with Gasteiger partial charge in [-0.2, -0.15) is 0 Å². The van der Waals surface area contributed by atoms with Gasteiger partial charge in [0.05, 0.1) is 16.6 Å². The summed E-state index contributed by atoms with van der Waals surface area (Å²) in [6.07, 6.45) is 0. The number of rotatable bonds is 5. The minimum absolute atomic E-state index is 0.181. The summed E-state index contributed by atoms with van der Waals surface area (Å²) in [7, 11) is 0. The van der Waals surface area contributed by atoms with Crippen molar-refractivity contribution in [1.29, 1.82) is 0 Å². The zero-order valence-corrected chi connectivity index (χ0v) is 17.7. The molecule has 0 aromatic heterocycles. The quantitative estimate of drug-likeness (QED) is 0.395. The first-order chi connectivity index (χ1) is 15.0. The third-order valence-electron chi connectivity index (χ3n) is 5.14. The molecule has 0 unspecified atom stereocenters. The van der Waals surface area contributed by atoms with Crippen molar-refractivity contribution in [3.05, 3.63) is 113 Å². The van der Waals surface area contributed by atoms with Crippen LogP contribution in [0.15, 0.2) is 91.0 Å². The van der Waals surface area contributed by atoms with Crippen LogP contribution >= 0.6 is 11.6 Å². The van der Waals surface area contributed by atoms with Gasteiger partial charge in [0.15, 0.2) is 0 Å². The van der Waals surface area contributed by atoms with Crippen molar-refractivity contribution in [3.63, 3.8) is 0 Å². The summed E-state index contributed by atoms with van der Waals surface area (Å²) >= 11 is 6.10. The highest BCUT2D eigenvalue weighted by Crippen LogP contribution is 2.24.